The van der Waals surface area contributed by atoms with Crippen LogP contribution in [0.25, 0.3) is 0 Å². The van der Waals surface area contributed by atoms with Crippen LogP contribution >= 0.6 is 0 Å². The normalized spacial score (nSPS) is 47.3. The predicted molar refractivity (Wildman–Crippen MR) is 58.5 cm³/mol. The van der Waals surface area contributed by atoms with Crippen LogP contribution in [0.2, 0.25) is 0 Å². The Labute approximate surface area is 101 Å². The van der Waals surface area contributed by atoms with E-state index in [4.69, 9.17) is 23.7 Å². The second-order valence-corrected chi connectivity index (χ2v) is 5.80. The molecule has 0 aromatic rings. The van der Waals surface area contributed by atoms with Crippen LogP contribution in [0.1, 0.15) is 27.7 Å². The van der Waals surface area contributed by atoms with Gasteiger partial charge in [0.15, 0.2) is 11.6 Å². The molecular weight excluding hydrogens is 224 g/mol. The van der Waals surface area contributed by atoms with Crippen LogP contribution in [0.15, 0.2) is 0 Å². The number of fused-ring (bicyclic) bond motifs is 1. The fourth-order valence-corrected chi connectivity index (χ4v) is 2.77. The van der Waals surface area contributed by atoms with E-state index in [9.17, 15) is 0 Å². The fraction of sp³-hybridized carbons (Fsp3) is 1.00. The molecule has 3 aliphatic heterocycles. The summed E-state index contributed by atoms with van der Waals surface area (Å²) in [7, 11) is 0. The van der Waals surface area contributed by atoms with Crippen molar-refractivity contribution in [2.75, 3.05) is 13.2 Å². The summed E-state index contributed by atoms with van der Waals surface area (Å²) >= 11 is 0. The summed E-state index contributed by atoms with van der Waals surface area (Å²) in [6.45, 7) is 8.80. The zero-order valence-electron chi connectivity index (χ0n) is 10.8. The van der Waals surface area contributed by atoms with Crippen LogP contribution in [0.5, 0.6) is 0 Å². The Hall–Kier alpha value is -0.200. The van der Waals surface area contributed by atoms with E-state index in [1.807, 2.05) is 27.7 Å². The molecule has 3 fully saturated rings. The van der Waals surface area contributed by atoms with E-state index in [1.165, 1.54) is 0 Å². The first-order valence-corrected chi connectivity index (χ1v) is 6.15. The van der Waals surface area contributed by atoms with Crippen molar-refractivity contribution in [1.29, 1.82) is 0 Å². The summed E-state index contributed by atoms with van der Waals surface area (Å²) in [4.78, 5) is 0. The topological polar surface area (TPSA) is 46.2 Å². The van der Waals surface area contributed by atoms with E-state index in [0.29, 0.717) is 13.2 Å². The lowest BCUT2D eigenvalue weighted by atomic mass is 10.1. The van der Waals surface area contributed by atoms with Crippen molar-refractivity contribution < 1.29 is 23.7 Å². The molecule has 0 unspecified atom stereocenters. The van der Waals surface area contributed by atoms with Gasteiger partial charge in [-0.3, -0.25) is 0 Å². The van der Waals surface area contributed by atoms with E-state index >= 15 is 0 Å². The predicted octanol–water partition coefficient (Wildman–Crippen LogP) is 1.06. The standard InChI is InChI=1S/C12H20O5/c1-11(2)14-6-8(15-11)9-10-7(5-13-9)16-12(3,4)17-10/h7-10H,5-6H2,1-4H3/t7-,8-,9+,10-/m0/s1. The molecule has 0 radical (unpaired) electrons. The summed E-state index contributed by atoms with van der Waals surface area (Å²) in [6.07, 6.45) is -0.198. The number of ether oxygens (including phenoxy) is 5. The lowest BCUT2D eigenvalue weighted by molar-refractivity contribution is -0.195. The second kappa shape index (κ2) is 3.65. The van der Waals surface area contributed by atoms with Gasteiger partial charge in [0, 0.05) is 0 Å². The first-order valence-electron chi connectivity index (χ1n) is 6.15. The molecule has 4 atom stereocenters. The molecule has 0 bridgehead atoms. The SMILES string of the molecule is CC1(C)O[C@@H]2[C@@H]([C@@H]3COC(C)(C)O3)OC[C@@H]2O1. The first-order chi connectivity index (χ1) is 7.86. The zero-order chi connectivity index (χ0) is 12.3. The van der Waals surface area contributed by atoms with Crippen LogP contribution in [0.3, 0.4) is 0 Å². The minimum atomic E-state index is -0.527. The van der Waals surface area contributed by atoms with Gasteiger partial charge in [0.25, 0.3) is 0 Å². The fourth-order valence-electron chi connectivity index (χ4n) is 2.77. The van der Waals surface area contributed by atoms with Gasteiger partial charge in [0.05, 0.1) is 13.2 Å². The van der Waals surface area contributed by atoms with Crippen LogP contribution in [-0.4, -0.2) is 49.2 Å². The molecule has 0 aromatic heterocycles. The summed E-state index contributed by atoms with van der Waals surface area (Å²) in [5.41, 5.74) is 0. The Balaban J connectivity index is 1.70. The highest BCUT2D eigenvalue weighted by molar-refractivity contribution is 4.97. The summed E-state index contributed by atoms with van der Waals surface area (Å²) in [5.74, 6) is -1.05. The van der Waals surface area contributed by atoms with E-state index in [1.54, 1.807) is 0 Å². The molecule has 3 heterocycles. The lowest BCUT2D eigenvalue weighted by Gasteiger charge is -2.25. The van der Waals surface area contributed by atoms with Crippen molar-refractivity contribution >= 4 is 0 Å². The Bertz CT molecular complexity index is 314. The molecule has 5 nitrogen and oxygen atoms in total. The molecule has 0 spiro atoms. The maximum atomic E-state index is 5.88. The molecule has 0 amide bonds. The number of hydrogen-bond donors (Lipinski definition) is 0. The van der Waals surface area contributed by atoms with Crippen LogP contribution in [0.4, 0.5) is 0 Å². The molecule has 98 valence electrons. The molecule has 3 rings (SSSR count). The van der Waals surface area contributed by atoms with Crippen LogP contribution in [0, 0.1) is 0 Å². The molecule has 3 saturated heterocycles. The van der Waals surface area contributed by atoms with E-state index < -0.39 is 11.6 Å². The molecular formula is C12H20O5. The minimum Gasteiger partial charge on any atom is -0.370 e. The molecule has 3 aliphatic rings. The Kier molecular flexibility index (Phi) is 2.55. The molecule has 0 N–H and O–H groups in total. The van der Waals surface area contributed by atoms with Gasteiger partial charge in [-0.05, 0) is 27.7 Å². The van der Waals surface area contributed by atoms with Gasteiger partial charge in [-0.1, -0.05) is 0 Å². The number of rotatable bonds is 1. The third kappa shape index (κ3) is 2.11. The van der Waals surface area contributed by atoms with Gasteiger partial charge in [-0.25, -0.2) is 0 Å². The maximum absolute atomic E-state index is 5.88. The molecule has 0 saturated carbocycles. The van der Waals surface area contributed by atoms with Gasteiger partial charge in [0.2, 0.25) is 0 Å². The van der Waals surface area contributed by atoms with Crippen LogP contribution in [-0.2, 0) is 23.7 Å². The molecule has 0 aromatic carbocycles. The van der Waals surface area contributed by atoms with E-state index in [0.717, 1.165) is 0 Å². The van der Waals surface area contributed by atoms with Gasteiger partial charge in [-0.2, -0.15) is 0 Å². The van der Waals surface area contributed by atoms with E-state index in [-0.39, 0.29) is 24.4 Å². The second-order valence-electron chi connectivity index (χ2n) is 5.80. The van der Waals surface area contributed by atoms with Gasteiger partial charge in [-0.15, -0.1) is 0 Å². The molecule has 17 heavy (non-hydrogen) atoms. The first kappa shape index (κ1) is 11.9. The van der Waals surface area contributed by atoms with Crippen molar-refractivity contribution in [2.45, 2.75) is 63.7 Å². The Morgan fingerprint density at radius 2 is 1.41 bits per heavy atom. The maximum Gasteiger partial charge on any atom is 0.164 e. The highest BCUT2D eigenvalue weighted by Crippen LogP contribution is 2.39. The molecule has 5 heteroatoms. The monoisotopic (exact) mass is 244 g/mol. The Morgan fingerprint density at radius 3 is 2.06 bits per heavy atom. The van der Waals surface area contributed by atoms with Crippen LogP contribution < -0.4 is 0 Å². The number of hydrogen-bond acceptors (Lipinski definition) is 5. The zero-order valence-corrected chi connectivity index (χ0v) is 10.8. The largest absolute Gasteiger partial charge is 0.370 e. The van der Waals surface area contributed by atoms with E-state index in [2.05, 4.69) is 0 Å². The third-order valence-corrected chi connectivity index (χ3v) is 3.40. The smallest absolute Gasteiger partial charge is 0.164 e. The summed E-state index contributed by atoms with van der Waals surface area (Å²) in [6, 6.07) is 0. The highest BCUT2D eigenvalue weighted by Gasteiger charge is 2.54. The van der Waals surface area contributed by atoms with Crippen molar-refractivity contribution in [1.82, 2.24) is 0 Å². The van der Waals surface area contributed by atoms with Crippen molar-refractivity contribution in [2.24, 2.45) is 0 Å². The van der Waals surface area contributed by atoms with Crippen molar-refractivity contribution in [3.8, 4) is 0 Å². The quantitative estimate of drug-likeness (QED) is 0.690. The van der Waals surface area contributed by atoms with Gasteiger partial charge >= 0.3 is 0 Å². The summed E-state index contributed by atoms with van der Waals surface area (Å²) in [5, 5.41) is 0. The highest BCUT2D eigenvalue weighted by atomic mass is 16.8. The average molecular weight is 244 g/mol. The molecule has 0 aliphatic carbocycles. The minimum absolute atomic E-state index is 0.0160. The van der Waals surface area contributed by atoms with Gasteiger partial charge < -0.3 is 23.7 Å². The van der Waals surface area contributed by atoms with Crippen molar-refractivity contribution in [3.63, 3.8) is 0 Å². The lowest BCUT2D eigenvalue weighted by Crippen LogP contribution is -2.40. The third-order valence-electron chi connectivity index (χ3n) is 3.40. The van der Waals surface area contributed by atoms with Gasteiger partial charge in [0.1, 0.15) is 24.4 Å². The van der Waals surface area contributed by atoms with Crippen molar-refractivity contribution in [3.05, 3.63) is 0 Å². The summed E-state index contributed by atoms with van der Waals surface area (Å²) < 4.78 is 28.8. The average Bonchev–Trinajstić information content (AvgIpc) is 2.77. The Morgan fingerprint density at radius 1 is 0.765 bits per heavy atom.